The molecule has 12 heavy (non-hydrogen) atoms. The fourth-order valence-electron chi connectivity index (χ4n) is 1.04. The Balaban J connectivity index is 2.17. The first-order valence-electron chi connectivity index (χ1n) is 3.69. The van der Waals surface area contributed by atoms with E-state index in [-0.39, 0.29) is 6.04 Å². The van der Waals surface area contributed by atoms with Crippen LogP contribution < -0.4 is 5.73 Å². The number of hydrogen-bond donors (Lipinski definition) is 1. The second kappa shape index (κ2) is 2.60. The number of primary amides is 1. The van der Waals surface area contributed by atoms with Gasteiger partial charge in [-0.05, 0) is 0 Å². The van der Waals surface area contributed by atoms with Crippen LogP contribution in [0.5, 0.6) is 0 Å². The largest absolute Gasteiger partial charge is 0.377 e. The minimum absolute atomic E-state index is 0.276. The predicted molar refractivity (Wildman–Crippen MR) is 40.6 cm³/mol. The maximum atomic E-state index is 10.7. The molecule has 0 atom stereocenters. The van der Waals surface area contributed by atoms with Gasteiger partial charge in [-0.2, -0.15) is 5.10 Å². The molecule has 5 heteroatoms. The quantitative estimate of drug-likeness (QED) is 0.648. The van der Waals surface area contributed by atoms with Gasteiger partial charge < -0.3 is 10.5 Å². The van der Waals surface area contributed by atoms with E-state index in [1.54, 1.807) is 10.9 Å². The van der Waals surface area contributed by atoms with Crippen molar-refractivity contribution in [2.45, 2.75) is 6.04 Å². The van der Waals surface area contributed by atoms with Crippen molar-refractivity contribution in [1.82, 2.24) is 9.78 Å². The lowest BCUT2D eigenvalue weighted by Crippen LogP contribution is -2.30. The molecule has 1 aromatic heterocycles. The van der Waals surface area contributed by atoms with Crippen molar-refractivity contribution in [3.05, 3.63) is 18.0 Å². The number of carbonyl (C=O) groups excluding carboxylic acids is 1. The van der Waals surface area contributed by atoms with E-state index in [9.17, 15) is 4.79 Å². The van der Waals surface area contributed by atoms with Crippen molar-refractivity contribution in [1.29, 1.82) is 0 Å². The molecule has 0 aromatic carbocycles. The van der Waals surface area contributed by atoms with Crippen LogP contribution in [0.15, 0.2) is 12.4 Å². The predicted octanol–water partition coefficient (Wildman–Crippen LogP) is -0.447. The molecular formula is C7H9N3O2. The Morgan fingerprint density at radius 2 is 2.50 bits per heavy atom. The van der Waals surface area contributed by atoms with E-state index in [0.717, 1.165) is 0 Å². The van der Waals surface area contributed by atoms with Gasteiger partial charge in [0.2, 0.25) is 0 Å². The van der Waals surface area contributed by atoms with E-state index in [1.165, 1.54) is 6.20 Å². The minimum atomic E-state index is -0.443. The number of nitrogens with zero attached hydrogens (tertiary/aromatic N) is 2. The highest BCUT2D eigenvalue weighted by Gasteiger charge is 2.21. The molecule has 1 saturated heterocycles. The molecule has 2 heterocycles. The lowest BCUT2D eigenvalue weighted by molar-refractivity contribution is -0.0286. The summed E-state index contributed by atoms with van der Waals surface area (Å²) in [5.41, 5.74) is 5.51. The highest BCUT2D eigenvalue weighted by Crippen LogP contribution is 2.15. The number of amides is 1. The molecule has 64 valence electrons. The van der Waals surface area contributed by atoms with Crippen molar-refractivity contribution in [2.75, 3.05) is 13.2 Å². The minimum Gasteiger partial charge on any atom is -0.377 e. The van der Waals surface area contributed by atoms with Crippen LogP contribution >= 0.6 is 0 Å². The summed E-state index contributed by atoms with van der Waals surface area (Å²) in [5.74, 6) is -0.443. The average Bonchev–Trinajstić information content (AvgIpc) is 2.32. The zero-order valence-corrected chi connectivity index (χ0v) is 6.43. The molecule has 5 nitrogen and oxygen atoms in total. The summed E-state index contributed by atoms with van der Waals surface area (Å²) >= 11 is 0. The Labute approximate surface area is 69.1 Å². The second-order valence-electron chi connectivity index (χ2n) is 2.76. The van der Waals surface area contributed by atoms with Crippen LogP contribution in [0.4, 0.5) is 0 Å². The Hall–Kier alpha value is -1.36. The Bertz CT molecular complexity index is 303. The molecular weight excluding hydrogens is 158 g/mol. The number of ether oxygens (including phenoxy) is 1. The molecule has 0 bridgehead atoms. The highest BCUT2D eigenvalue weighted by atomic mass is 16.5. The van der Waals surface area contributed by atoms with Crippen molar-refractivity contribution < 1.29 is 9.53 Å². The second-order valence-corrected chi connectivity index (χ2v) is 2.76. The third-order valence-electron chi connectivity index (χ3n) is 1.88. The summed E-state index contributed by atoms with van der Waals surface area (Å²) in [6.45, 7) is 1.33. The number of carbonyl (C=O) groups is 1. The summed E-state index contributed by atoms with van der Waals surface area (Å²) in [7, 11) is 0. The van der Waals surface area contributed by atoms with Gasteiger partial charge in [0.15, 0.2) is 0 Å². The SMILES string of the molecule is NC(=O)c1cnn(C2COC2)c1. The normalized spacial score (nSPS) is 17.3. The molecule has 0 aliphatic carbocycles. The molecule has 1 amide bonds. The van der Waals surface area contributed by atoms with Crippen molar-refractivity contribution in [3.63, 3.8) is 0 Å². The smallest absolute Gasteiger partial charge is 0.251 e. The van der Waals surface area contributed by atoms with Gasteiger partial charge in [0, 0.05) is 6.20 Å². The topological polar surface area (TPSA) is 70.1 Å². The van der Waals surface area contributed by atoms with E-state index in [0.29, 0.717) is 18.8 Å². The summed E-state index contributed by atoms with van der Waals surface area (Å²) in [6, 6.07) is 0.276. The maximum absolute atomic E-state index is 10.7. The lowest BCUT2D eigenvalue weighted by atomic mass is 10.2. The number of rotatable bonds is 2. The van der Waals surface area contributed by atoms with Crippen LogP contribution in [0.25, 0.3) is 0 Å². The van der Waals surface area contributed by atoms with Crippen LogP contribution in [0, 0.1) is 0 Å². The first-order valence-corrected chi connectivity index (χ1v) is 3.69. The molecule has 1 aliphatic heterocycles. The Morgan fingerprint density at radius 3 is 2.92 bits per heavy atom. The molecule has 0 saturated carbocycles. The standard InChI is InChI=1S/C7H9N3O2/c8-7(11)5-1-9-10(2-5)6-3-12-4-6/h1-2,6H,3-4H2,(H2,8,11). The van der Waals surface area contributed by atoms with Crippen molar-refractivity contribution in [3.8, 4) is 0 Å². The summed E-state index contributed by atoms with van der Waals surface area (Å²) in [4.78, 5) is 10.7. The fraction of sp³-hybridized carbons (Fsp3) is 0.429. The fourth-order valence-corrected chi connectivity index (χ4v) is 1.04. The van der Waals surface area contributed by atoms with E-state index in [4.69, 9.17) is 10.5 Å². The molecule has 0 spiro atoms. The average molecular weight is 167 g/mol. The van der Waals surface area contributed by atoms with Crippen LogP contribution in [-0.2, 0) is 4.74 Å². The first kappa shape index (κ1) is 7.30. The third kappa shape index (κ3) is 1.08. The molecule has 1 fully saturated rings. The van der Waals surface area contributed by atoms with Gasteiger partial charge in [-0.25, -0.2) is 0 Å². The van der Waals surface area contributed by atoms with Gasteiger partial charge in [0.05, 0.1) is 31.0 Å². The summed E-state index contributed by atoms with van der Waals surface area (Å²) in [5, 5.41) is 4.00. The Kier molecular flexibility index (Phi) is 1.58. The monoisotopic (exact) mass is 167 g/mol. The maximum Gasteiger partial charge on any atom is 0.251 e. The van der Waals surface area contributed by atoms with Crippen molar-refractivity contribution >= 4 is 5.91 Å². The van der Waals surface area contributed by atoms with E-state index in [2.05, 4.69) is 5.10 Å². The zero-order valence-electron chi connectivity index (χ0n) is 6.43. The molecule has 2 rings (SSSR count). The molecule has 1 aliphatic rings. The molecule has 2 N–H and O–H groups in total. The van der Waals surface area contributed by atoms with Crippen LogP contribution in [0.2, 0.25) is 0 Å². The molecule has 0 unspecified atom stereocenters. The van der Waals surface area contributed by atoms with Crippen LogP contribution in [0.1, 0.15) is 16.4 Å². The first-order chi connectivity index (χ1) is 5.77. The van der Waals surface area contributed by atoms with Gasteiger partial charge in [-0.15, -0.1) is 0 Å². The van der Waals surface area contributed by atoms with Gasteiger partial charge >= 0.3 is 0 Å². The summed E-state index contributed by atoms with van der Waals surface area (Å²) in [6.07, 6.45) is 3.12. The van der Waals surface area contributed by atoms with E-state index in [1.807, 2.05) is 0 Å². The number of nitrogens with two attached hydrogens (primary N) is 1. The molecule has 0 radical (unpaired) electrons. The number of aromatic nitrogens is 2. The van der Waals surface area contributed by atoms with Gasteiger partial charge in [0.1, 0.15) is 0 Å². The van der Waals surface area contributed by atoms with Crippen LogP contribution in [0.3, 0.4) is 0 Å². The lowest BCUT2D eigenvalue weighted by Gasteiger charge is -2.25. The van der Waals surface area contributed by atoms with Crippen molar-refractivity contribution in [2.24, 2.45) is 5.73 Å². The van der Waals surface area contributed by atoms with Crippen LogP contribution in [-0.4, -0.2) is 28.9 Å². The Morgan fingerprint density at radius 1 is 1.75 bits per heavy atom. The van der Waals surface area contributed by atoms with Gasteiger partial charge in [-0.3, -0.25) is 9.48 Å². The van der Waals surface area contributed by atoms with E-state index >= 15 is 0 Å². The highest BCUT2D eigenvalue weighted by molar-refractivity contribution is 5.92. The number of hydrogen-bond acceptors (Lipinski definition) is 3. The van der Waals surface area contributed by atoms with Gasteiger partial charge in [-0.1, -0.05) is 0 Å². The van der Waals surface area contributed by atoms with E-state index < -0.39 is 5.91 Å². The summed E-state index contributed by atoms with van der Waals surface area (Å²) < 4.78 is 6.69. The van der Waals surface area contributed by atoms with Gasteiger partial charge in [0.25, 0.3) is 5.91 Å². The molecule has 1 aromatic rings. The third-order valence-corrected chi connectivity index (χ3v) is 1.88. The zero-order chi connectivity index (χ0) is 8.55.